The lowest BCUT2D eigenvalue weighted by Crippen LogP contribution is -2.36. The Morgan fingerprint density at radius 2 is 1.96 bits per heavy atom. The number of pyridine rings is 1. The molecular weight excluding hydrogens is 306 g/mol. The largest absolute Gasteiger partial charge is 0.343 e. The minimum Gasteiger partial charge on any atom is -0.343 e. The van der Waals surface area contributed by atoms with E-state index in [1.807, 2.05) is 12.4 Å². The summed E-state index contributed by atoms with van der Waals surface area (Å²) >= 11 is 0. The lowest BCUT2D eigenvalue weighted by molar-refractivity contribution is 0.303. The molecule has 0 saturated carbocycles. The van der Waals surface area contributed by atoms with Gasteiger partial charge in [-0.25, -0.2) is 0 Å². The zero-order valence-corrected chi connectivity index (χ0v) is 15.3. The van der Waals surface area contributed by atoms with E-state index in [1.165, 1.54) is 27.6 Å². The van der Waals surface area contributed by atoms with Gasteiger partial charge < -0.3 is 9.47 Å². The van der Waals surface area contributed by atoms with Gasteiger partial charge in [0, 0.05) is 54.9 Å². The van der Waals surface area contributed by atoms with Gasteiger partial charge in [-0.15, -0.1) is 0 Å². The number of aryl methyl sites for hydroxylation is 1. The summed E-state index contributed by atoms with van der Waals surface area (Å²) in [6.45, 7) is 7.96. The number of hydrogen-bond donors (Lipinski definition) is 0. The number of likely N-dealkylation sites (N-methyl/N-ethyl adjacent to an activating group) is 1. The van der Waals surface area contributed by atoms with Crippen molar-refractivity contribution in [3.63, 3.8) is 0 Å². The highest BCUT2D eigenvalue weighted by Crippen LogP contribution is 2.42. The summed E-state index contributed by atoms with van der Waals surface area (Å²) in [4.78, 5) is 6.68. The minimum absolute atomic E-state index is 0.132. The van der Waals surface area contributed by atoms with Crippen molar-refractivity contribution in [1.82, 2.24) is 14.5 Å². The van der Waals surface area contributed by atoms with Crippen LogP contribution in [0.1, 0.15) is 34.9 Å². The molecule has 3 heteroatoms. The van der Waals surface area contributed by atoms with Crippen LogP contribution in [-0.2, 0) is 31.3 Å². The van der Waals surface area contributed by atoms with Gasteiger partial charge in [0.15, 0.2) is 0 Å². The number of nitrogens with zero attached hydrogens (tertiary/aromatic N) is 3. The molecule has 0 saturated heterocycles. The summed E-state index contributed by atoms with van der Waals surface area (Å²) in [5.74, 6) is 0. The molecule has 0 spiro atoms. The second kappa shape index (κ2) is 5.18. The van der Waals surface area contributed by atoms with E-state index in [1.54, 1.807) is 11.3 Å². The van der Waals surface area contributed by atoms with Gasteiger partial charge in [0.05, 0.1) is 5.52 Å². The molecule has 2 aliphatic heterocycles. The van der Waals surface area contributed by atoms with Crippen LogP contribution < -0.4 is 0 Å². The predicted molar refractivity (Wildman–Crippen MR) is 102 cm³/mol. The Bertz CT molecular complexity index is 970. The second-order valence-electron chi connectivity index (χ2n) is 8.29. The first-order valence-electron chi connectivity index (χ1n) is 9.28. The number of aromatic nitrogens is 2. The Kier molecular flexibility index (Phi) is 3.14. The molecule has 0 bridgehead atoms. The van der Waals surface area contributed by atoms with E-state index in [2.05, 4.69) is 59.6 Å². The molecule has 5 rings (SSSR count). The summed E-state index contributed by atoms with van der Waals surface area (Å²) in [7, 11) is 2.24. The van der Waals surface area contributed by atoms with Crippen LogP contribution in [0.4, 0.5) is 0 Å². The van der Waals surface area contributed by atoms with Crippen molar-refractivity contribution in [2.24, 2.45) is 0 Å². The van der Waals surface area contributed by atoms with Crippen molar-refractivity contribution in [2.75, 3.05) is 13.6 Å². The highest BCUT2D eigenvalue weighted by atomic mass is 15.1. The molecule has 1 aromatic carbocycles. The Morgan fingerprint density at radius 3 is 2.76 bits per heavy atom. The number of rotatable bonds is 1. The molecule has 2 aromatic heterocycles. The highest BCUT2D eigenvalue weighted by Gasteiger charge is 2.36. The Morgan fingerprint density at radius 1 is 1.16 bits per heavy atom. The molecule has 128 valence electrons. The van der Waals surface area contributed by atoms with E-state index in [4.69, 9.17) is 0 Å². The molecule has 0 radical (unpaired) electrons. The SMILES string of the molecule is Cc1cc2c3c(c1)c1c(n3CC(C)(c3ccncc3)C2)CCN(C)C1. The Balaban J connectivity index is 1.76. The topological polar surface area (TPSA) is 21.1 Å². The van der Waals surface area contributed by atoms with Gasteiger partial charge in [0.1, 0.15) is 0 Å². The van der Waals surface area contributed by atoms with Crippen LogP contribution in [0.25, 0.3) is 10.9 Å². The van der Waals surface area contributed by atoms with E-state index < -0.39 is 0 Å². The summed E-state index contributed by atoms with van der Waals surface area (Å²) in [6.07, 6.45) is 6.13. The molecular formula is C22H25N3. The second-order valence-corrected chi connectivity index (χ2v) is 8.29. The normalized spacial score (nSPS) is 23.0. The maximum atomic E-state index is 4.22. The van der Waals surface area contributed by atoms with Gasteiger partial charge in [0.25, 0.3) is 0 Å². The molecule has 25 heavy (non-hydrogen) atoms. The van der Waals surface area contributed by atoms with Gasteiger partial charge in [-0.2, -0.15) is 0 Å². The summed E-state index contributed by atoms with van der Waals surface area (Å²) in [6, 6.07) is 9.21. The first-order valence-corrected chi connectivity index (χ1v) is 9.28. The van der Waals surface area contributed by atoms with E-state index in [9.17, 15) is 0 Å². The van der Waals surface area contributed by atoms with E-state index in [0.717, 1.165) is 32.5 Å². The minimum atomic E-state index is 0.132. The smallest absolute Gasteiger partial charge is 0.0519 e. The van der Waals surface area contributed by atoms with Crippen molar-refractivity contribution < 1.29 is 0 Å². The van der Waals surface area contributed by atoms with E-state index >= 15 is 0 Å². The first kappa shape index (κ1) is 15.2. The van der Waals surface area contributed by atoms with Crippen molar-refractivity contribution >= 4 is 10.9 Å². The maximum absolute atomic E-state index is 4.22. The molecule has 4 heterocycles. The van der Waals surface area contributed by atoms with Crippen molar-refractivity contribution in [2.45, 2.75) is 45.2 Å². The fourth-order valence-electron chi connectivity index (χ4n) is 5.05. The molecule has 0 fully saturated rings. The standard InChI is InChI=1S/C22H25N3/c1-15-10-16-12-22(2,17-4-7-23-8-5-17)14-25-20-6-9-24(3)13-19(20)18(11-15)21(16)25/h4-5,7-8,10-11H,6,9,12-14H2,1-3H3. The average Bonchev–Trinajstić information content (AvgIpc) is 2.89. The highest BCUT2D eigenvalue weighted by molar-refractivity contribution is 5.90. The predicted octanol–water partition coefficient (Wildman–Crippen LogP) is 3.85. The van der Waals surface area contributed by atoms with Crippen LogP contribution in [-0.4, -0.2) is 28.0 Å². The lowest BCUT2D eigenvalue weighted by atomic mass is 9.75. The van der Waals surface area contributed by atoms with Crippen LogP contribution in [0.2, 0.25) is 0 Å². The third-order valence-electron chi connectivity index (χ3n) is 6.23. The molecule has 3 aromatic rings. The first-order chi connectivity index (χ1) is 12.0. The van der Waals surface area contributed by atoms with Crippen molar-refractivity contribution in [3.05, 3.63) is 64.6 Å². The molecule has 0 N–H and O–H groups in total. The van der Waals surface area contributed by atoms with Crippen LogP contribution in [0.3, 0.4) is 0 Å². The van der Waals surface area contributed by atoms with Gasteiger partial charge in [-0.1, -0.05) is 18.6 Å². The maximum Gasteiger partial charge on any atom is 0.0519 e. The fraction of sp³-hybridized carbons (Fsp3) is 0.409. The van der Waals surface area contributed by atoms with E-state index in [-0.39, 0.29) is 5.41 Å². The molecule has 1 atom stereocenters. The van der Waals surface area contributed by atoms with E-state index in [0.29, 0.717) is 0 Å². The van der Waals surface area contributed by atoms with Gasteiger partial charge in [-0.3, -0.25) is 4.98 Å². The molecule has 0 aliphatic carbocycles. The Hall–Kier alpha value is -2.13. The lowest BCUT2D eigenvalue weighted by Gasteiger charge is -2.37. The van der Waals surface area contributed by atoms with Crippen LogP contribution >= 0.6 is 0 Å². The molecule has 0 amide bonds. The average molecular weight is 331 g/mol. The quantitative estimate of drug-likeness (QED) is 0.675. The van der Waals surface area contributed by atoms with Crippen LogP contribution in [0, 0.1) is 6.92 Å². The molecule has 1 unspecified atom stereocenters. The van der Waals surface area contributed by atoms with Gasteiger partial charge >= 0.3 is 0 Å². The van der Waals surface area contributed by atoms with Crippen LogP contribution in [0.5, 0.6) is 0 Å². The van der Waals surface area contributed by atoms with Crippen molar-refractivity contribution in [1.29, 1.82) is 0 Å². The Labute approximate surface area is 149 Å². The fourth-order valence-corrected chi connectivity index (χ4v) is 5.05. The molecule has 2 aliphatic rings. The zero-order valence-electron chi connectivity index (χ0n) is 15.3. The number of fused-ring (bicyclic) bond motifs is 3. The summed E-state index contributed by atoms with van der Waals surface area (Å²) in [5, 5.41) is 1.49. The monoisotopic (exact) mass is 331 g/mol. The molecule has 3 nitrogen and oxygen atoms in total. The third-order valence-corrected chi connectivity index (χ3v) is 6.23. The zero-order chi connectivity index (χ0) is 17.2. The number of hydrogen-bond acceptors (Lipinski definition) is 2. The summed E-state index contributed by atoms with van der Waals surface area (Å²) in [5.41, 5.74) is 9.06. The summed E-state index contributed by atoms with van der Waals surface area (Å²) < 4.78 is 2.65. The third kappa shape index (κ3) is 2.18. The van der Waals surface area contributed by atoms with Crippen LogP contribution in [0.15, 0.2) is 36.7 Å². The number of benzene rings is 1. The van der Waals surface area contributed by atoms with Gasteiger partial charge in [0.2, 0.25) is 0 Å². The van der Waals surface area contributed by atoms with Crippen molar-refractivity contribution in [3.8, 4) is 0 Å². The van der Waals surface area contributed by atoms with Gasteiger partial charge in [-0.05, 0) is 55.3 Å².